The first-order valence-corrected chi connectivity index (χ1v) is 16.4. The van der Waals surface area contributed by atoms with Gasteiger partial charge in [0, 0.05) is 54.1 Å². The molecule has 3 aromatic rings. The molecule has 0 bridgehead atoms. The molecule has 12 nitrogen and oxygen atoms in total. The molecule has 5 N–H and O–H groups in total. The van der Waals surface area contributed by atoms with Crippen LogP contribution in [0.25, 0.3) is 0 Å². The number of nitriles is 1. The maximum absolute atomic E-state index is 9.83. The number of anilines is 4. The lowest BCUT2D eigenvalue weighted by Crippen LogP contribution is -2.57. The van der Waals surface area contributed by atoms with Crippen LogP contribution in [-0.2, 0) is 10.5 Å². The molecule has 228 valence electrons. The van der Waals surface area contributed by atoms with E-state index in [4.69, 9.17) is 31.2 Å². The lowest BCUT2D eigenvalue weighted by Gasteiger charge is -2.47. The molecule has 3 aromatic heterocycles. The molecule has 0 aromatic carbocycles. The van der Waals surface area contributed by atoms with Gasteiger partial charge in [-0.2, -0.15) is 20.2 Å². The topological polar surface area (TPSA) is 158 Å². The largest absolute Gasteiger partial charge is 0.461 e. The predicted octanol–water partition coefficient (Wildman–Crippen LogP) is 2.98. The minimum absolute atomic E-state index is 0.124. The summed E-state index contributed by atoms with van der Waals surface area (Å²) in [6.45, 7) is 8.43. The lowest BCUT2D eigenvalue weighted by molar-refractivity contribution is 0.151. The smallest absolute Gasteiger partial charge is 0.323 e. The van der Waals surface area contributed by atoms with Crippen molar-refractivity contribution in [2.45, 2.75) is 48.8 Å². The first-order chi connectivity index (χ1) is 20.7. The van der Waals surface area contributed by atoms with Crippen LogP contribution in [-0.4, -0.2) is 83.8 Å². The van der Waals surface area contributed by atoms with Crippen molar-refractivity contribution in [3.63, 3.8) is 0 Å². The fourth-order valence-corrected chi connectivity index (χ4v) is 9.43. The average Bonchev–Trinajstić information content (AvgIpc) is 3.65. The number of likely N-dealkylation sites (N-methyl/N-ethyl adjacent to an activating group) is 1. The Labute approximate surface area is 260 Å². The molecule has 0 amide bonds. The van der Waals surface area contributed by atoms with Crippen molar-refractivity contribution in [2.75, 3.05) is 74.7 Å². The first-order valence-electron chi connectivity index (χ1n) is 14.6. The van der Waals surface area contributed by atoms with Gasteiger partial charge < -0.3 is 36.2 Å². The van der Waals surface area contributed by atoms with Gasteiger partial charge in [0.2, 0.25) is 11.9 Å². The van der Waals surface area contributed by atoms with Crippen molar-refractivity contribution in [2.24, 2.45) is 0 Å². The Bertz CT molecular complexity index is 1530. The van der Waals surface area contributed by atoms with Crippen LogP contribution in [0, 0.1) is 11.3 Å². The summed E-state index contributed by atoms with van der Waals surface area (Å²) in [4.78, 5) is 26.6. The first kappa shape index (κ1) is 29.7. The highest BCUT2D eigenvalue weighted by molar-refractivity contribution is 8.00. The molecule has 2 unspecified atom stereocenters. The molecule has 0 saturated carbocycles. The molecule has 0 radical (unpaired) electrons. The third-order valence-corrected chi connectivity index (χ3v) is 11.3. The maximum atomic E-state index is 9.83. The van der Waals surface area contributed by atoms with E-state index in [2.05, 4.69) is 59.0 Å². The molecule has 2 atom stereocenters. The summed E-state index contributed by atoms with van der Waals surface area (Å²) in [5.41, 5.74) is 14.9. The zero-order chi connectivity index (χ0) is 30.4. The Hall–Kier alpha value is -3.38. The zero-order valence-corrected chi connectivity index (χ0v) is 26.8. The van der Waals surface area contributed by atoms with Gasteiger partial charge >= 0.3 is 6.01 Å². The van der Waals surface area contributed by atoms with Crippen LogP contribution in [0.2, 0.25) is 0 Å². The summed E-state index contributed by atoms with van der Waals surface area (Å²) in [5, 5.41) is 14.1. The minimum atomic E-state index is -0.187. The summed E-state index contributed by atoms with van der Waals surface area (Å²) in [6, 6.07) is 6.40. The second-order valence-corrected chi connectivity index (χ2v) is 14.4. The van der Waals surface area contributed by atoms with Gasteiger partial charge in [-0.1, -0.05) is 6.07 Å². The molecule has 3 aliphatic heterocycles. The van der Waals surface area contributed by atoms with Crippen LogP contribution in [0.15, 0.2) is 18.3 Å². The number of ether oxygens (including phenoxy) is 1. The quantitative estimate of drug-likeness (QED) is 0.304. The van der Waals surface area contributed by atoms with Gasteiger partial charge in [-0.05, 0) is 53.4 Å². The molecule has 6 rings (SSSR count). The maximum Gasteiger partial charge on any atom is 0.323 e. The Morgan fingerprint density at radius 3 is 2.74 bits per heavy atom. The summed E-state index contributed by atoms with van der Waals surface area (Å²) in [6.07, 6.45) is 3.82. The minimum Gasteiger partial charge on any atom is -0.461 e. The molecule has 2 saturated heterocycles. The van der Waals surface area contributed by atoms with Crippen LogP contribution in [0.1, 0.15) is 54.3 Å². The van der Waals surface area contributed by atoms with Crippen LogP contribution in [0.4, 0.5) is 22.7 Å². The number of aromatic nitrogens is 4. The van der Waals surface area contributed by atoms with Gasteiger partial charge in [0.25, 0.3) is 0 Å². The van der Waals surface area contributed by atoms with E-state index in [1.54, 1.807) is 6.20 Å². The SMILES string of the molecule is CCN(c1nc(OCC2(CN(C)C)CCCN2)nc(N2CC3(C2)SCc2sc(N)c(C#N)c23)n1)C(C)c1cccnc1N. The van der Waals surface area contributed by atoms with Crippen molar-refractivity contribution in [1.82, 2.24) is 30.2 Å². The third kappa shape index (κ3) is 5.43. The highest BCUT2D eigenvalue weighted by Gasteiger charge is 2.53. The van der Waals surface area contributed by atoms with Crippen LogP contribution < -0.4 is 31.3 Å². The Morgan fingerprint density at radius 2 is 2.07 bits per heavy atom. The molecule has 43 heavy (non-hydrogen) atoms. The third-order valence-electron chi connectivity index (χ3n) is 8.64. The molecular formula is C29H39N11OS2. The number of hydrogen-bond donors (Lipinski definition) is 3. The fourth-order valence-electron chi connectivity index (χ4n) is 6.62. The van der Waals surface area contributed by atoms with E-state index in [9.17, 15) is 5.26 Å². The average molecular weight is 622 g/mol. The summed E-state index contributed by atoms with van der Waals surface area (Å²) >= 11 is 3.41. The van der Waals surface area contributed by atoms with Gasteiger partial charge in [0.05, 0.1) is 21.9 Å². The number of rotatable bonds is 10. The normalized spacial score (nSPS) is 21.1. The monoisotopic (exact) mass is 621 g/mol. The number of thiophene rings is 1. The van der Waals surface area contributed by atoms with E-state index in [1.807, 2.05) is 23.9 Å². The highest BCUT2D eigenvalue weighted by atomic mass is 32.2. The number of thioether (sulfide) groups is 1. The standard InChI is InChI=1S/C29H39N11OS2/c1-5-40(18(2)19-8-6-10-33-23(19)31)26-35-25(36-27(37-26)41-17-28(14-38(3)4)9-7-11-34-28)39-15-29(16-39)22-20(12-30)24(32)43-21(22)13-42-29/h6,8,10,18,34H,5,7,9,11,13-17,32H2,1-4H3,(H2,31,33). The van der Waals surface area contributed by atoms with Crippen molar-refractivity contribution < 1.29 is 4.74 Å². The Balaban J connectivity index is 1.32. The summed E-state index contributed by atoms with van der Waals surface area (Å²) < 4.78 is 6.22. The number of nitrogens with one attached hydrogen (secondary N) is 1. The van der Waals surface area contributed by atoms with E-state index in [0.717, 1.165) is 42.8 Å². The van der Waals surface area contributed by atoms with Gasteiger partial charge in [-0.15, -0.1) is 23.1 Å². The number of pyridine rings is 1. The lowest BCUT2D eigenvalue weighted by atomic mass is 9.88. The van der Waals surface area contributed by atoms with Gasteiger partial charge in [-0.3, -0.25) is 0 Å². The number of nitrogens with zero attached hydrogens (tertiary/aromatic N) is 8. The summed E-state index contributed by atoms with van der Waals surface area (Å²) in [7, 11) is 4.16. The molecule has 1 spiro atoms. The number of fused-ring (bicyclic) bond motifs is 2. The number of nitrogen functional groups attached to an aromatic ring is 2. The van der Waals surface area contributed by atoms with Crippen molar-refractivity contribution in [1.29, 1.82) is 5.26 Å². The fraction of sp³-hybridized carbons (Fsp3) is 0.552. The van der Waals surface area contributed by atoms with E-state index in [0.29, 0.717) is 60.5 Å². The molecule has 14 heteroatoms. The zero-order valence-electron chi connectivity index (χ0n) is 25.1. The second-order valence-electron chi connectivity index (χ2n) is 11.9. The molecule has 2 fully saturated rings. The molecular weight excluding hydrogens is 583 g/mol. The number of hydrogen-bond acceptors (Lipinski definition) is 14. The van der Waals surface area contributed by atoms with Crippen LogP contribution in [0.3, 0.4) is 0 Å². The van der Waals surface area contributed by atoms with Crippen LogP contribution >= 0.6 is 23.1 Å². The Morgan fingerprint density at radius 1 is 1.26 bits per heavy atom. The molecule has 6 heterocycles. The van der Waals surface area contributed by atoms with E-state index in [1.165, 1.54) is 16.2 Å². The van der Waals surface area contributed by atoms with Gasteiger partial charge in [0.15, 0.2) is 0 Å². The van der Waals surface area contributed by atoms with E-state index >= 15 is 0 Å². The van der Waals surface area contributed by atoms with Crippen molar-refractivity contribution in [3.8, 4) is 12.1 Å². The Kier molecular flexibility index (Phi) is 8.01. The molecule has 3 aliphatic rings. The van der Waals surface area contributed by atoms with E-state index in [-0.39, 0.29) is 16.3 Å². The highest BCUT2D eigenvalue weighted by Crippen LogP contribution is 2.57. The van der Waals surface area contributed by atoms with E-state index < -0.39 is 0 Å². The second kappa shape index (κ2) is 11.6. The summed E-state index contributed by atoms with van der Waals surface area (Å²) in [5.74, 6) is 2.44. The van der Waals surface area contributed by atoms with Crippen molar-refractivity contribution in [3.05, 3.63) is 39.9 Å². The molecule has 0 aliphatic carbocycles. The van der Waals surface area contributed by atoms with Gasteiger partial charge in [-0.25, -0.2) is 4.98 Å². The van der Waals surface area contributed by atoms with Crippen molar-refractivity contribution >= 4 is 45.8 Å². The van der Waals surface area contributed by atoms with Gasteiger partial charge in [0.1, 0.15) is 23.5 Å². The number of nitrogens with two attached hydrogens (primary N) is 2. The van der Waals surface area contributed by atoms with Crippen LogP contribution in [0.5, 0.6) is 6.01 Å². The predicted molar refractivity (Wildman–Crippen MR) is 173 cm³/mol.